The molecule has 0 aliphatic carbocycles. The number of furan rings is 1. The molecule has 0 aliphatic heterocycles. The second-order valence-electron chi connectivity index (χ2n) is 10.5. The third-order valence-corrected chi connectivity index (χ3v) is 7.77. The third-order valence-electron chi connectivity index (χ3n) is 7.77. The van der Waals surface area contributed by atoms with Gasteiger partial charge in [0.05, 0.1) is 43.8 Å². The Balaban J connectivity index is 1.28. The van der Waals surface area contributed by atoms with E-state index in [1.54, 1.807) is 63.9 Å². The van der Waals surface area contributed by atoms with Crippen molar-refractivity contribution in [3.8, 4) is 34.6 Å². The van der Waals surface area contributed by atoms with Crippen LogP contribution in [0.25, 0.3) is 44.2 Å². The van der Waals surface area contributed by atoms with Crippen molar-refractivity contribution >= 4 is 38.9 Å². The SMILES string of the molecule is COc1cc(C=Nn2c(-c3cc4c(OC)cccc4o3)nc3ccccc3c2=O)cc(OC)c1OCc1cccc2ccccc12. The highest BCUT2D eigenvalue weighted by Gasteiger charge is 2.19. The lowest BCUT2D eigenvalue weighted by atomic mass is 10.1. The van der Waals surface area contributed by atoms with Gasteiger partial charge in [0.1, 0.15) is 17.9 Å². The molecule has 0 atom stereocenters. The number of ether oxygens (including phenoxy) is 4. The molecule has 7 rings (SSSR count). The standard InChI is InChI=1S/C37H29N3O6/c1-42-30-16-9-17-31-28(30)20-34(46-31)36-39-29-15-7-6-14-27(29)37(41)40(36)38-21-23-18-32(43-2)35(33(19-23)44-3)45-22-25-12-8-11-24-10-4-5-13-26(24)25/h4-21H,22H2,1-3H3. The first-order valence-corrected chi connectivity index (χ1v) is 14.6. The zero-order valence-electron chi connectivity index (χ0n) is 25.4. The van der Waals surface area contributed by atoms with Crippen LogP contribution in [0.3, 0.4) is 0 Å². The van der Waals surface area contributed by atoms with Gasteiger partial charge in [0, 0.05) is 5.56 Å². The summed E-state index contributed by atoms with van der Waals surface area (Å²) in [4.78, 5) is 18.5. The van der Waals surface area contributed by atoms with E-state index in [2.05, 4.69) is 23.3 Å². The van der Waals surface area contributed by atoms with Crippen LogP contribution in [-0.4, -0.2) is 37.2 Å². The average Bonchev–Trinajstić information content (AvgIpc) is 3.55. The highest BCUT2D eigenvalue weighted by molar-refractivity contribution is 5.89. The predicted molar refractivity (Wildman–Crippen MR) is 179 cm³/mol. The number of aromatic nitrogens is 2. The van der Waals surface area contributed by atoms with Gasteiger partial charge in [-0.1, -0.05) is 60.7 Å². The minimum absolute atomic E-state index is 0.243. The van der Waals surface area contributed by atoms with Crippen molar-refractivity contribution in [1.29, 1.82) is 0 Å². The van der Waals surface area contributed by atoms with Crippen molar-refractivity contribution in [3.05, 3.63) is 125 Å². The second-order valence-corrected chi connectivity index (χ2v) is 10.5. The summed E-state index contributed by atoms with van der Waals surface area (Å²) < 4.78 is 30.6. The molecule has 0 saturated heterocycles. The minimum Gasteiger partial charge on any atom is -0.496 e. The minimum atomic E-state index is -0.349. The van der Waals surface area contributed by atoms with Crippen molar-refractivity contribution in [2.75, 3.05) is 21.3 Å². The normalized spacial score (nSPS) is 11.5. The van der Waals surface area contributed by atoms with E-state index < -0.39 is 0 Å². The molecule has 0 fully saturated rings. The molecule has 0 spiro atoms. The maximum atomic E-state index is 13.8. The highest BCUT2D eigenvalue weighted by Crippen LogP contribution is 2.39. The third kappa shape index (κ3) is 5.17. The fourth-order valence-electron chi connectivity index (χ4n) is 5.52. The summed E-state index contributed by atoms with van der Waals surface area (Å²) in [5.74, 6) is 2.62. The Morgan fingerprint density at radius 1 is 0.761 bits per heavy atom. The number of fused-ring (bicyclic) bond motifs is 3. The van der Waals surface area contributed by atoms with Crippen molar-refractivity contribution in [3.63, 3.8) is 0 Å². The lowest BCUT2D eigenvalue weighted by Crippen LogP contribution is -2.20. The van der Waals surface area contributed by atoms with Crippen LogP contribution in [0.2, 0.25) is 0 Å². The van der Waals surface area contributed by atoms with Gasteiger partial charge in [-0.15, -0.1) is 0 Å². The van der Waals surface area contributed by atoms with Gasteiger partial charge >= 0.3 is 0 Å². The molecule has 0 saturated carbocycles. The number of rotatable bonds is 9. The molecule has 0 unspecified atom stereocenters. The summed E-state index contributed by atoms with van der Waals surface area (Å²) in [7, 11) is 4.72. The molecule has 228 valence electrons. The van der Waals surface area contributed by atoms with Crippen LogP contribution in [0.4, 0.5) is 0 Å². The Morgan fingerprint density at radius 3 is 2.24 bits per heavy atom. The largest absolute Gasteiger partial charge is 0.496 e. The maximum absolute atomic E-state index is 13.8. The zero-order chi connectivity index (χ0) is 31.6. The fraction of sp³-hybridized carbons (Fsp3) is 0.108. The Labute approximate surface area is 263 Å². The first-order valence-electron chi connectivity index (χ1n) is 14.6. The lowest BCUT2D eigenvalue weighted by molar-refractivity contribution is 0.267. The molecule has 0 amide bonds. The first-order chi connectivity index (χ1) is 22.6. The molecule has 9 nitrogen and oxygen atoms in total. The van der Waals surface area contributed by atoms with Crippen LogP contribution in [0.1, 0.15) is 11.1 Å². The topological polar surface area (TPSA) is 97.3 Å². The van der Waals surface area contributed by atoms with Crippen LogP contribution in [0.5, 0.6) is 23.0 Å². The van der Waals surface area contributed by atoms with Gasteiger partial charge in [0.15, 0.2) is 17.3 Å². The van der Waals surface area contributed by atoms with Gasteiger partial charge in [-0.25, -0.2) is 4.98 Å². The number of hydrogen-bond donors (Lipinski definition) is 0. The molecule has 0 N–H and O–H groups in total. The van der Waals surface area contributed by atoms with Crippen LogP contribution in [0, 0.1) is 0 Å². The molecule has 0 aliphatic rings. The van der Waals surface area contributed by atoms with E-state index in [0.29, 0.717) is 57.4 Å². The maximum Gasteiger partial charge on any atom is 0.282 e. The zero-order valence-corrected chi connectivity index (χ0v) is 25.4. The first kappa shape index (κ1) is 28.7. The number of hydrogen-bond acceptors (Lipinski definition) is 8. The molecule has 2 aromatic heterocycles. The van der Waals surface area contributed by atoms with Crippen LogP contribution < -0.4 is 24.5 Å². The van der Waals surface area contributed by atoms with Crippen molar-refractivity contribution < 1.29 is 23.4 Å². The van der Waals surface area contributed by atoms with E-state index in [1.807, 2.05) is 48.5 Å². The molecule has 46 heavy (non-hydrogen) atoms. The van der Waals surface area contributed by atoms with Gasteiger partial charge in [0.2, 0.25) is 11.6 Å². The number of benzene rings is 5. The van der Waals surface area contributed by atoms with Gasteiger partial charge in [0.25, 0.3) is 5.56 Å². The molecule has 0 bridgehead atoms. The molecular weight excluding hydrogens is 582 g/mol. The van der Waals surface area contributed by atoms with E-state index in [0.717, 1.165) is 21.7 Å². The summed E-state index contributed by atoms with van der Waals surface area (Å²) in [5, 5.41) is 8.02. The Kier molecular flexibility index (Phi) is 7.56. The average molecular weight is 612 g/mol. The fourth-order valence-corrected chi connectivity index (χ4v) is 5.52. The second kappa shape index (κ2) is 12.1. The summed E-state index contributed by atoms with van der Waals surface area (Å²) >= 11 is 0. The lowest BCUT2D eigenvalue weighted by Gasteiger charge is -2.16. The Hall–Kier alpha value is -6.09. The summed E-state index contributed by atoms with van der Waals surface area (Å²) in [6.45, 7) is 0.311. The Bertz CT molecular complexity index is 2290. The number of methoxy groups -OCH3 is 3. The predicted octanol–water partition coefficient (Wildman–Crippen LogP) is 7.45. The molecule has 7 aromatic rings. The van der Waals surface area contributed by atoms with Crippen LogP contribution in [-0.2, 0) is 6.61 Å². The van der Waals surface area contributed by atoms with Crippen LogP contribution in [0.15, 0.2) is 117 Å². The quantitative estimate of drug-likeness (QED) is 0.156. The molecule has 0 radical (unpaired) electrons. The highest BCUT2D eigenvalue weighted by atomic mass is 16.5. The van der Waals surface area contributed by atoms with Crippen molar-refractivity contribution in [2.24, 2.45) is 5.10 Å². The molecule has 2 heterocycles. The van der Waals surface area contributed by atoms with E-state index in [4.69, 9.17) is 28.3 Å². The van der Waals surface area contributed by atoms with Crippen LogP contribution >= 0.6 is 0 Å². The van der Waals surface area contributed by atoms with E-state index in [9.17, 15) is 4.79 Å². The molecule has 9 heteroatoms. The van der Waals surface area contributed by atoms with E-state index in [-0.39, 0.29) is 11.4 Å². The Morgan fingerprint density at radius 2 is 1.46 bits per heavy atom. The van der Waals surface area contributed by atoms with E-state index >= 15 is 0 Å². The smallest absolute Gasteiger partial charge is 0.282 e. The van der Waals surface area contributed by atoms with Gasteiger partial charge in [-0.3, -0.25) is 4.79 Å². The van der Waals surface area contributed by atoms with Crippen molar-refractivity contribution in [1.82, 2.24) is 9.66 Å². The van der Waals surface area contributed by atoms with Gasteiger partial charge in [-0.05, 0) is 58.8 Å². The summed E-state index contributed by atoms with van der Waals surface area (Å²) in [5.41, 5.74) is 2.42. The molecular formula is C37H29N3O6. The summed E-state index contributed by atoms with van der Waals surface area (Å²) in [6, 6.07) is 32.3. The van der Waals surface area contributed by atoms with Crippen molar-refractivity contribution in [2.45, 2.75) is 6.61 Å². The number of nitrogens with zero attached hydrogens (tertiary/aromatic N) is 3. The van der Waals surface area contributed by atoms with Gasteiger partial charge < -0.3 is 23.4 Å². The summed E-state index contributed by atoms with van der Waals surface area (Å²) in [6.07, 6.45) is 1.55. The molecule has 5 aromatic carbocycles. The van der Waals surface area contributed by atoms with E-state index in [1.165, 1.54) is 4.68 Å². The monoisotopic (exact) mass is 611 g/mol. The van der Waals surface area contributed by atoms with Gasteiger partial charge in [-0.2, -0.15) is 9.78 Å². The number of para-hydroxylation sites is 1.